The minimum Gasteiger partial charge on any atom is -0.360 e. The number of amides is 2. The number of carbonyl (C=O) groups is 2. The van der Waals surface area contributed by atoms with Gasteiger partial charge in [0.15, 0.2) is 5.76 Å². The maximum atomic E-state index is 12.2. The quantitative estimate of drug-likeness (QED) is 0.812. The Balaban J connectivity index is 2.05. The Kier molecular flexibility index (Phi) is 4.79. The van der Waals surface area contributed by atoms with Crippen LogP contribution in [-0.4, -0.2) is 17.0 Å². The first-order valence-electron chi connectivity index (χ1n) is 6.22. The summed E-state index contributed by atoms with van der Waals surface area (Å²) in [4.78, 5) is 24.5. The van der Waals surface area contributed by atoms with Crippen molar-refractivity contribution in [3.05, 3.63) is 37.8 Å². The molecule has 0 atom stereocenters. The number of aryl methyl sites for hydroxylation is 1. The summed E-state index contributed by atoms with van der Waals surface area (Å²) in [7, 11) is 0. The van der Waals surface area contributed by atoms with E-state index in [1.165, 1.54) is 11.3 Å². The normalized spacial score (nSPS) is 10.7. The molecule has 2 rings (SSSR count). The van der Waals surface area contributed by atoms with Crippen molar-refractivity contribution in [2.75, 3.05) is 0 Å². The molecule has 0 fully saturated rings. The highest BCUT2D eigenvalue weighted by Gasteiger charge is 2.23. The second-order valence-corrected chi connectivity index (χ2v) is 7.14. The van der Waals surface area contributed by atoms with Gasteiger partial charge in [0.25, 0.3) is 11.8 Å². The molecule has 0 aromatic carbocycles. The van der Waals surface area contributed by atoms with E-state index < -0.39 is 5.91 Å². The van der Waals surface area contributed by atoms with Gasteiger partial charge in [0, 0.05) is 5.92 Å². The summed E-state index contributed by atoms with van der Waals surface area (Å²) in [6.07, 6.45) is 0. The lowest BCUT2D eigenvalue weighted by molar-refractivity contribution is 0.0847. The Labute approximate surface area is 134 Å². The van der Waals surface area contributed by atoms with Gasteiger partial charge in [-0.1, -0.05) is 19.0 Å². The molecule has 0 spiro atoms. The van der Waals surface area contributed by atoms with E-state index in [0.717, 1.165) is 3.79 Å². The molecule has 2 heterocycles. The maximum Gasteiger partial charge on any atom is 0.279 e. The van der Waals surface area contributed by atoms with Gasteiger partial charge in [0.1, 0.15) is 5.56 Å². The molecule has 2 N–H and O–H groups in total. The van der Waals surface area contributed by atoms with Crippen molar-refractivity contribution in [3.8, 4) is 0 Å². The third-order valence-corrected chi connectivity index (χ3v) is 4.35. The summed E-state index contributed by atoms with van der Waals surface area (Å²) in [5.41, 5.74) is 5.61. The summed E-state index contributed by atoms with van der Waals surface area (Å²) in [5.74, 6) is -0.297. The van der Waals surface area contributed by atoms with E-state index in [2.05, 4.69) is 31.9 Å². The SMILES string of the molecule is Cc1noc(C(C)C)c1C(=O)NNC(=O)c1ccc(Br)s1. The van der Waals surface area contributed by atoms with Gasteiger partial charge in [-0.3, -0.25) is 20.4 Å². The number of hydrogen-bond acceptors (Lipinski definition) is 5. The number of nitrogens with zero attached hydrogens (tertiary/aromatic N) is 1. The van der Waals surface area contributed by atoms with E-state index in [9.17, 15) is 9.59 Å². The van der Waals surface area contributed by atoms with Crippen molar-refractivity contribution in [2.24, 2.45) is 0 Å². The van der Waals surface area contributed by atoms with Crippen LogP contribution in [0.1, 0.15) is 51.2 Å². The zero-order valence-electron chi connectivity index (χ0n) is 11.7. The number of hydrogen-bond donors (Lipinski definition) is 2. The molecule has 2 aromatic rings. The molecule has 112 valence electrons. The molecule has 6 nitrogen and oxygen atoms in total. The summed E-state index contributed by atoms with van der Waals surface area (Å²) in [6, 6.07) is 3.43. The predicted octanol–water partition coefficient (Wildman–Crippen LogP) is 3.01. The third-order valence-electron chi connectivity index (χ3n) is 2.73. The average Bonchev–Trinajstić information content (AvgIpc) is 3.01. The fourth-order valence-corrected chi connectivity index (χ4v) is 3.01. The monoisotopic (exact) mass is 371 g/mol. The predicted molar refractivity (Wildman–Crippen MR) is 82.3 cm³/mol. The number of rotatable bonds is 3. The van der Waals surface area contributed by atoms with Crippen molar-refractivity contribution < 1.29 is 14.1 Å². The second kappa shape index (κ2) is 6.40. The number of aromatic nitrogens is 1. The molecule has 0 aliphatic rings. The highest BCUT2D eigenvalue weighted by atomic mass is 79.9. The Morgan fingerprint density at radius 3 is 2.52 bits per heavy atom. The number of carbonyl (C=O) groups excluding carboxylic acids is 2. The van der Waals surface area contributed by atoms with Crippen LogP contribution in [0, 0.1) is 6.92 Å². The zero-order valence-corrected chi connectivity index (χ0v) is 14.1. The molecule has 0 radical (unpaired) electrons. The first kappa shape index (κ1) is 15.7. The van der Waals surface area contributed by atoms with Gasteiger partial charge in [0.05, 0.1) is 14.4 Å². The third kappa shape index (κ3) is 3.51. The zero-order chi connectivity index (χ0) is 15.6. The van der Waals surface area contributed by atoms with Crippen LogP contribution in [0.15, 0.2) is 20.4 Å². The van der Waals surface area contributed by atoms with Gasteiger partial charge in [0.2, 0.25) is 0 Å². The first-order chi connectivity index (χ1) is 9.90. The smallest absolute Gasteiger partial charge is 0.279 e. The van der Waals surface area contributed by atoms with E-state index in [0.29, 0.717) is 21.9 Å². The van der Waals surface area contributed by atoms with Crippen LogP contribution >= 0.6 is 27.3 Å². The minimum atomic E-state index is -0.443. The summed E-state index contributed by atoms with van der Waals surface area (Å²) in [5, 5.41) is 3.79. The molecule has 21 heavy (non-hydrogen) atoms. The fraction of sp³-hybridized carbons (Fsp3) is 0.308. The molecule has 0 aliphatic heterocycles. The Hall–Kier alpha value is -1.67. The lowest BCUT2D eigenvalue weighted by Crippen LogP contribution is -2.41. The molecule has 0 saturated carbocycles. The van der Waals surface area contributed by atoms with Crippen LogP contribution in [0.2, 0.25) is 0 Å². The van der Waals surface area contributed by atoms with Crippen LogP contribution in [0.25, 0.3) is 0 Å². The molecular weight excluding hydrogens is 358 g/mol. The fourth-order valence-electron chi connectivity index (χ4n) is 1.73. The van der Waals surface area contributed by atoms with Crippen LogP contribution in [-0.2, 0) is 0 Å². The molecule has 0 unspecified atom stereocenters. The van der Waals surface area contributed by atoms with Gasteiger partial charge in [-0.05, 0) is 35.0 Å². The molecule has 8 heteroatoms. The van der Waals surface area contributed by atoms with Gasteiger partial charge in [-0.2, -0.15) is 0 Å². The van der Waals surface area contributed by atoms with Crippen LogP contribution < -0.4 is 10.9 Å². The van der Waals surface area contributed by atoms with E-state index in [1.807, 2.05) is 13.8 Å². The standard InChI is InChI=1S/C13H14BrN3O3S/c1-6(2)11-10(7(3)17-20-11)13(19)16-15-12(18)8-4-5-9(14)21-8/h4-6H,1-3H3,(H,15,18)(H,16,19). The van der Waals surface area contributed by atoms with Gasteiger partial charge in [-0.25, -0.2) is 0 Å². The lowest BCUT2D eigenvalue weighted by Gasteiger charge is -2.07. The van der Waals surface area contributed by atoms with E-state index >= 15 is 0 Å². The van der Waals surface area contributed by atoms with Gasteiger partial charge < -0.3 is 4.52 Å². The maximum absolute atomic E-state index is 12.2. The van der Waals surface area contributed by atoms with Crippen molar-refractivity contribution >= 4 is 39.1 Å². The van der Waals surface area contributed by atoms with Gasteiger partial charge >= 0.3 is 0 Å². The number of nitrogens with one attached hydrogen (secondary N) is 2. The molecule has 2 amide bonds. The van der Waals surface area contributed by atoms with Gasteiger partial charge in [-0.15, -0.1) is 11.3 Å². The topological polar surface area (TPSA) is 84.2 Å². The van der Waals surface area contributed by atoms with E-state index in [-0.39, 0.29) is 11.8 Å². The van der Waals surface area contributed by atoms with Crippen molar-refractivity contribution in [2.45, 2.75) is 26.7 Å². The van der Waals surface area contributed by atoms with E-state index in [1.54, 1.807) is 19.1 Å². The van der Waals surface area contributed by atoms with Crippen molar-refractivity contribution in [3.63, 3.8) is 0 Å². The summed E-state index contributed by atoms with van der Waals surface area (Å²) < 4.78 is 5.99. The Morgan fingerprint density at radius 2 is 1.95 bits per heavy atom. The number of thiophene rings is 1. The highest BCUT2D eigenvalue weighted by molar-refractivity contribution is 9.11. The molecule has 0 bridgehead atoms. The average molecular weight is 372 g/mol. The highest BCUT2D eigenvalue weighted by Crippen LogP contribution is 2.23. The summed E-state index contributed by atoms with van der Waals surface area (Å²) >= 11 is 4.56. The minimum absolute atomic E-state index is 0.0240. The molecular formula is C13H14BrN3O3S. The first-order valence-corrected chi connectivity index (χ1v) is 7.83. The van der Waals surface area contributed by atoms with Crippen molar-refractivity contribution in [1.82, 2.24) is 16.0 Å². The molecule has 0 saturated heterocycles. The molecule has 2 aromatic heterocycles. The Morgan fingerprint density at radius 1 is 1.29 bits per heavy atom. The summed E-state index contributed by atoms with van der Waals surface area (Å²) in [6.45, 7) is 5.49. The number of halogens is 1. The largest absolute Gasteiger partial charge is 0.360 e. The van der Waals surface area contributed by atoms with E-state index in [4.69, 9.17) is 4.52 Å². The van der Waals surface area contributed by atoms with Crippen LogP contribution in [0.3, 0.4) is 0 Å². The van der Waals surface area contributed by atoms with Crippen LogP contribution in [0.5, 0.6) is 0 Å². The second-order valence-electron chi connectivity index (χ2n) is 4.67. The molecule has 0 aliphatic carbocycles. The lowest BCUT2D eigenvalue weighted by atomic mass is 10.1. The number of hydrazine groups is 1. The van der Waals surface area contributed by atoms with Crippen LogP contribution in [0.4, 0.5) is 0 Å². The van der Waals surface area contributed by atoms with Crippen molar-refractivity contribution in [1.29, 1.82) is 0 Å². The Bertz CT molecular complexity index is 678.